The molecule has 0 saturated carbocycles. The molecule has 0 amide bonds. The van der Waals surface area contributed by atoms with E-state index in [1.807, 2.05) is 37.3 Å². The summed E-state index contributed by atoms with van der Waals surface area (Å²) in [7, 11) is 0. The Morgan fingerprint density at radius 3 is 1.85 bits per heavy atom. The van der Waals surface area contributed by atoms with Crippen molar-refractivity contribution in [2.24, 2.45) is 0 Å². The van der Waals surface area contributed by atoms with Gasteiger partial charge in [0.2, 0.25) is 0 Å². The highest BCUT2D eigenvalue weighted by molar-refractivity contribution is 5.88. The third-order valence-electron chi connectivity index (χ3n) is 8.51. The van der Waals surface area contributed by atoms with Crippen molar-refractivity contribution in [1.29, 1.82) is 0 Å². The minimum Gasteiger partial charge on any atom is -0.207 e. The molecule has 0 N–H and O–H groups in total. The summed E-state index contributed by atoms with van der Waals surface area (Å²) in [5.41, 5.74) is 8.55. The van der Waals surface area contributed by atoms with E-state index in [1.165, 1.54) is 40.6 Å². The maximum Gasteiger partial charge on any atom is 0.134 e. The molecular weight excluding hydrogens is 573 g/mol. The topological polar surface area (TPSA) is 0 Å². The summed E-state index contributed by atoms with van der Waals surface area (Å²) in [5, 5.41) is 2.35. The van der Waals surface area contributed by atoms with Crippen LogP contribution < -0.4 is 0 Å². The molecule has 0 atom stereocenters. The first kappa shape index (κ1) is 30.9. The van der Waals surface area contributed by atoms with Gasteiger partial charge in [-0.05, 0) is 118 Å². The monoisotopic (exact) mass is 608 g/mol. The quantitative estimate of drug-likeness (QED) is 0.151. The summed E-state index contributed by atoms with van der Waals surface area (Å²) in [5.74, 6) is 5.06. The first-order valence-electron chi connectivity index (χ1n) is 15.9. The smallest absolute Gasteiger partial charge is 0.134 e. The molecule has 0 spiro atoms. The third kappa shape index (κ3) is 7.08. The van der Waals surface area contributed by atoms with Crippen molar-refractivity contribution in [2.45, 2.75) is 46.0 Å². The Morgan fingerprint density at radius 1 is 0.500 bits per heavy atom. The molecule has 0 heterocycles. The van der Waals surface area contributed by atoms with E-state index in [2.05, 4.69) is 67.3 Å². The molecule has 0 aromatic heterocycles. The molecule has 0 unspecified atom stereocenters. The molecule has 6 aromatic rings. The van der Waals surface area contributed by atoms with Gasteiger partial charge in [-0.1, -0.05) is 105 Å². The fraction of sp³-hybridized carbons (Fsp3) is 0.163. The summed E-state index contributed by atoms with van der Waals surface area (Å²) in [6.07, 6.45) is 4.15. The van der Waals surface area contributed by atoms with Crippen molar-refractivity contribution in [1.82, 2.24) is 0 Å². The van der Waals surface area contributed by atoms with Gasteiger partial charge in [-0.2, -0.15) is 0 Å². The lowest BCUT2D eigenvalue weighted by molar-refractivity contribution is 0.586. The predicted octanol–water partition coefficient (Wildman–Crippen LogP) is 11.3. The second-order valence-electron chi connectivity index (χ2n) is 11.8. The van der Waals surface area contributed by atoms with E-state index < -0.39 is 11.6 Å². The van der Waals surface area contributed by atoms with Crippen LogP contribution in [0.15, 0.2) is 115 Å². The molecule has 6 aromatic carbocycles. The van der Waals surface area contributed by atoms with Crippen LogP contribution in [-0.4, -0.2) is 0 Å². The van der Waals surface area contributed by atoms with Crippen molar-refractivity contribution in [3.8, 4) is 34.1 Å². The van der Waals surface area contributed by atoms with Crippen LogP contribution in [0.5, 0.6) is 0 Å². The minimum absolute atomic E-state index is 0.0315. The number of halogens is 3. The molecule has 0 radical (unpaired) electrons. The van der Waals surface area contributed by atoms with Gasteiger partial charge < -0.3 is 0 Å². The van der Waals surface area contributed by atoms with Crippen molar-refractivity contribution in [2.75, 3.05) is 0 Å². The van der Waals surface area contributed by atoms with Crippen LogP contribution in [-0.2, 0) is 25.7 Å². The lowest BCUT2D eigenvalue weighted by Crippen LogP contribution is -1.95. The fourth-order valence-electron chi connectivity index (χ4n) is 5.90. The Bertz CT molecular complexity index is 2040. The van der Waals surface area contributed by atoms with Crippen LogP contribution in [0.25, 0.3) is 33.0 Å². The van der Waals surface area contributed by atoms with Gasteiger partial charge in [0.15, 0.2) is 0 Å². The van der Waals surface area contributed by atoms with Gasteiger partial charge >= 0.3 is 0 Å². The van der Waals surface area contributed by atoms with Crippen LogP contribution >= 0.6 is 0 Å². The molecule has 0 saturated heterocycles. The average Bonchev–Trinajstić information content (AvgIpc) is 3.07. The molecule has 0 aliphatic carbocycles. The van der Waals surface area contributed by atoms with E-state index in [0.717, 1.165) is 59.1 Å². The van der Waals surface area contributed by atoms with Gasteiger partial charge in [0.05, 0.1) is 5.56 Å². The van der Waals surface area contributed by atoms with Crippen molar-refractivity contribution >= 4 is 10.8 Å². The lowest BCUT2D eigenvalue weighted by atomic mass is 9.96. The van der Waals surface area contributed by atoms with E-state index >= 15 is 0 Å². The zero-order valence-corrected chi connectivity index (χ0v) is 26.1. The van der Waals surface area contributed by atoms with Gasteiger partial charge in [-0.3, -0.25) is 0 Å². The summed E-state index contributed by atoms with van der Waals surface area (Å²) >= 11 is 0. The maximum atomic E-state index is 14.6. The Hall–Kier alpha value is -5.07. The normalized spacial score (nSPS) is 11.0. The van der Waals surface area contributed by atoms with E-state index in [-0.39, 0.29) is 11.4 Å². The predicted molar refractivity (Wildman–Crippen MR) is 184 cm³/mol. The number of rotatable bonds is 8. The third-order valence-corrected chi connectivity index (χ3v) is 8.51. The van der Waals surface area contributed by atoms with E-state index in [0.29, 0.717) is 17.5 Å². The standard InChI is InChI=1S/C43H35F3/c1-3-5-33-22-23-40(44)28-39(33)18-12-31-8-14-34(15-9-31)37-21-20-36-24-32(13-19-38(36)27-37)7-6-30-10-16-35(17-11-30)43-41(45)25-29(4-2)26-42(43)46/h8-11,13-17,19-28H,3-7H2,1-2H3. The number of hydrogen-bond acceptors (Lipinski definition) is 0. The molecule has 0 fully saturated rings. The minimum atomic E-state index is -0.520. The van der Waals surface area contributed by atoms with Crippen LogP contribution in [0, 0.1) is 29.3 Å². The van der Waals surface area contributed by atoms with Gasteiger partial charge in [0.25, 0.3) is 0 Å². The summed E-state index contributed by atoms with van der Waals surface area (Å²) in [4.78, 5) is 0. The zero-order valence-electron chi connectivity index (χ0n) is 26.1. The molecule has 46 heavy (non-hydrogen) atoms. The van der Waals surface area contributed by atoms with E-state index in [9.17, 15) is 13.2 Å². The lowest BCUT2D eigenvalue weighted by Gasteiger charge is -2.10. The first-order chi connectivity index (χ1) is 22.4. The SMILES string of the molecule is CCCc1ccc(F)cc1C#Cc1ccc(-c2ccc3cc(CCc4ccc(-c5c(F)cc(CC)cc5F)cc4)ccc3c2)cc1. The van der Waals surface area contributed by atoms with Gasteiger partial charge in [-0.15, -0.1) is 0 Å². The van der Waals surface area contributed by atoms with Gasteiger partial charge in [-0.25, -0.2) is 13.2 Å². The van der Waals surface area contributed by atoms with Crippen LogP contribution in [0.4, 0.5) is 13.2 Å². The summed E-state index contributed by atoms with van der Waals surface area (Å²) in [6, 6.07) is 36.4. The Morgan fingerprint density at radius 2 is 1.13 bits per heavy atom. The van der Waals surface area contributed by atoms with Crippen molar-refractivity contribution < 1.29 is 13.2 Å². The van der Waals surface area contributed by atoms with Crippen LogP contribution in [0.1, 0.15) is 53.6 Å². The number of fused-ring (bicyclic) bond motifs is 1. The number of benzene rings is 6. The second kappa shape index (κ2) is 13.9. The largest absolute Gasteiger partial charge is 0.207 e. The Labute approximate surface area is 269 Å². The molecule has 228 valence electrons. The number of aryl methyl sites for hydroxylation is 4. The second-order valence-corrected chi connectivity index (χ2v) is 11.8. The van der Waals surface area contributed by atoms with Crippen molar-refractivity contribution in [3.05, 3.63) is 166 Å². The van der Waals surface area contributed by atoms with Crippen LogP contribution in [0.3, 0.4) is 0 Å². The Kier molecular flexibility index (Phi) is 9.36. The van der Waals surface area contributed by atoms with E-state index in [1.54, 1.807) is 12.1 Å². The zero-order chi connectivity index (χ0) is 32.0. The highest BCUT2D eigenvalue weighted by atomic mass is 19.1. The molecule has 6 rings (SSSR count). The molecule has 3 heteroatoms. The highest BCUT2D eigenvalue weighted by Crippen LogP contribution is 2.29. The van der Waals surface area contributed by atoms with E-state index in [4.69, 9.17) is 0 Å². The number of hydrogen-bond donors (Lipinski definition) is 0. The molecule has 0 aliphatic rings. The maximum absolute atomic E-state index is 14.6. The first-order valence-corrected chi connectivity index (χ1v) is 15.9. The molecule has 0 bridgehead atoms. The molecular formula is C43H35F3. The van der Waals surface area contributed by atoms with Gasteiger partial charge in [0, 0.05) is 11.1 Å². The van der Waals surface area contributed by atoms with Crippen LogP contribution in [0.2, 0.25) is 0 Å². The van der Waals surface area contributed by atoms with Crippen molar-refractivity contribution in [3.63, 3.8) is 0 Å². The van der Waals surface area contributed by atoms with Gasteiger partial charge in [0.1, 0.15) is 17.5 Å². The average molecular weight is 609 g/mol. The molecule has 0 aliphatic heterocycles. The summed E-state index contributed by atoms with van der Waals surface area (Å²) < 4.78 is 43.0. The molecule has 0 nitrogen and oxygen atoms in total. The fourth-order valence-corrected chi connectivity index (χ4v) is 5.90. The Balaban J connectivity index is 1.12. The summed E-state index contributed by atoms with van der Waals surface area (Å²) in [6.45, 7) is 3.99. The highest BCUT2D eigenvalue weighted by Gasteiger charge is 2.13.